The van der Waals surface area contributed by atoms with Gasteiger partial charge >= 0.3 is 6.03 Å². The predicted molar refractivity (Wildman–Crippen MR) is 129 cm³/mol. The van der Waals surface area contributed by atoms with Crippen molar-refractivity contribution in [2.24, 2.45) is 5.92 Å². The largest absolute Gasteiger partial charge is 0.466 e. The molecule has 0 aromatic heterocycles. The molecular formula is C26H24ClN3O3. The van der Waals surface area contributed by atoms with Crippen LogP contribution in [0, 0.1) is 5.92 Å². The third-order valence-corrected chi connectivity index (χ3v) is 6.66. The molecule has 2 aliphatic heterocycles. The number of carbonyl (C=O) groups is 2. The summed E-state index contributed by atoms with van der Waals surface area (Å²) in [6, 6.07) is 21.3. The van der Waals surface area contributed by atoms with Crippen LogP contribution in [0.4, 0.5) is 16.2 Å². The van der Waals surface area contributed by atoms with E-state index in [1.54, 1.807) is 36.1 Å². The SMILES string of the molecule is CCc1ccc(N2C(=O)N[C@H]3c4ccccc4O[C@@]2(C)[C@@H]3C(=O)Nc2ccc(Cl)cc2)cc1. The molecule has 3 amide bonds. The molecule has 0 aliphatic carbocycles. The van der Waals surface area contributed by atoms with E-state index in [4.69, 9.17) is 16.3 Å². The van der Waals surface area contributed by atoms with Gasteiger partial charge < -0.3 is 15.4 Å². The number of anilines is 2. The number of nitrogens with one attached hydrogen (secondary N) is 2. The molecule has 1 saturated heterocycles. The van der Waals surface area contributed by atoms with Crippen LogP contribution in [-0.4, -0.2) is 17.7 Å². The second kappa shape index (κ2) is 8.12. The molecule has 0 saturated carbocycles. The number of urea groups is 1. The van der Waals surface area contributed by atoms with Gasteiger partial charge in [0.05, 0.1) is 6.04 Å². The monoisotopic (exact) mass is 461 g/mol. The number of rotatable bonds is 4. The summed E-state index contributed by atoms with van der Waals surface area (Å²) in [5.74, 6) is -0.322. The summed E-state index contributed by atoms with van der Waals surface area (Å²) in [5, 5.41) is 6.61. The normalized spacial score (nSPS) is 23.2. The van der Waals surface area contributed by atoms with E-state index in [0.29, 0.717) is 22.1 Å². The number of hydrogen-bond acceptors (Lipinski definition) is 3. The Morgan fingerprint density at radius 1 is 1.09 bits per heavy atom. The van der Waals surface area contributed by atoms with Gasteiger partial charge in [0.15, 0.2) is 0 Å². The molecule has 5 rings (SSSR count). The number of hydrogen-bond donors (Lipinski definition) is 2. The molecular weight excluding hydrogens is 438 g/mol. The maximum atomic E-state index is 13.7. The molecule has 0 spiro atoms. The fraction of sp³-hybridized carbons (Fsp3) is 0.231. The first-order valence-corrected chi connectivity index (χ1v) is 11.3. The third kappa shape index (κ3) is 3.60. The second-order valence-corrected chi connectivity index (χ2v) is 8.89. The standard InChI is InChI=1S/C26H24ClN3O3/c1-3-16-8-14-19(15-9-16)30-25(32)29-23-20-6-4-5-7-21(20)33-26(30,2)22(23)24(31)28-18-12-10-17(27)11-13-18/h4-15,22-23H,3H2,1-2H3,(H,28,31)(H,29,32)/t22-,23-,26-/m0/s1. The van der Waals surface area contributed by atoms with Crippen LogP contribution in [0.2, 0.25) is 5.02 Å². The number of aryl methyl sites for hydroxylation is 1. The van der Waals surface area contributed by atoms with Gasteiger partial charge in [0.25, 0.3) is 0 Å². The highest BCUT2D eigenvalue weighted by molar-refractivity contribution is 6.30. The van der Waals surface area contributed by atoms with E-state index in [9.17, 15) is 9.59 Å². The van der Waals surface area contributed by atoms with Crippen molar-refractivity contribution in [3.63, 3.8) is 0 Å². The van der Waals surface area contributed by atoms with Crippen molar-refractivity contribution in [3.8, 4) is 5.75 Å². The van der Waals surface area contributed by atoms with Crippen LogP contribution in [-0.2, 0) is 11.2 Å². The van der Waals surface area contributed by atoms with Gasteiger partial charge in [-0.25, -0.2) is 4.79 Å². The maximum Gasteiger partial charge on any atom is 0.325 e. The molecule has 2 bridgehead atoms. The van der Waals surface area contributed by atoms with Gasteiger partial charge in [-0.2, -0.15) is 0 Å². The summed E-state index contributed by atoms with van der Waals surface area (Å²) in [6.07, 6.45) is 0.891. The van der Waals surface area contributed by atoms with Gasteiger partial charge in [0, 0.05) is 22.0 Å². The first-order valence-electron chi connectivity index (χ1n) is 10.9. The van der Waals surface area contributed by atoms with E-state index in [1.807, 2.05) is 48.5 Å². The van der Waals surface area contributed by atoms with Crippen molar-refractivity contribution in [3.05, 3.63) is 88.9 Å². The number of nitrogens with zero attached hydrogens (tertiary/aromatic N) is 1. The zero-order chi connectivity index (χ0) is 23.2. The van der Waals surface area contributed by atoms with Crippen LogP contribution in [0.5, 0.6) is 5.75 Å². The lowest BCUT2D eigenvalue weighted by Crippen LogP contribution is -2.72. The van der Waals surface area contributed by atoms with Gasteiger partial charge in [0.1, 0.15) is 11.7 Å². The number of para-hydroxylation sites is 1. The van der Waals surface area contributed by atoms with E-state index < -0.39 is 17.7 Å². The van der Waals surface area contributed by atoms with Crippen LogP contribution in [0.3, 0.4) is 0 Å². The second-order valence-electron chi connectivity index (χ2n) is 8.45. The molecule has 0 radical (unpaired) electrons. The zero-order valence-electron chi connectivity index (χ0n) is 18.3. The molecule has 0 unspecified atom stereocenters. The number of carbonyl (C=O) groups excluding carboxylic acids is 2. The highest BCUT2D eigenvalue weighted by Crippen LogP contribution is 2.49. The van der Waals surface area contributed by atoms with Crippen molar-refractivity contribution in [2.45, 2.75) is 32.0 Å². The molecule has 2 N–H and O–H groups in total. The summed E-state index contributed by atoms with van der Waals surface area (Å²) in [4.78, 5) is 28.5. The summed E-state index contributed by atoms with van der Waals surface area (Å²) in [5.41, 5.74) is 1.97. The molecule has 1 fully saturated rings. The Hall–Kier alpha value is -3.51. The Balaban J connectivity index is 1.59. The van der Waals surface area contributed by atoms with Crippen molar-refractivity contribution >= 4 is 34.9 Å². The minimum Gasteiger partial charge on any atom is -0.466 e. The number of ether oxygens (including phenoxy) is 1. The van der Waals surface area contributed by atoms with Gasteiger partial charge in [-0.3, -0.25) is 9.69 Å². The summed E-state index contributed by atoms with van der Waals surface area (Å²) in [6.45, 7) is 3.88. The number of fused-ring (bicyclic) bond motifs is 4. The lowest BCUT2D eigenvalue weighted by molar-refractivity contribution is -0.131. The molecule has 33 heavy (non-hydrogen) atoms. The summed E-state index contributed by atoms with van der Waals surface area (Å²) in [7, 11) is 0. The minimum absolute atomic E-state index is 0.255. The first kappa shape index (κ1) is 21.3. The summed E-state index contributed by atoms with van der Waals surface area (Å²) < 4.78 is 6.46. The highest BCUT2D eigenvalue weighted by atomic mass is 35.5. The molecule has 6 nitrogen and oxygen atoms in total. The molecule has 2 aliphatic rings. The highest BCUT2D eigenvalue weighted by Gasteiger charge is 2.60. The summed E-state index contributed by atoms with van der Waals surface area (Å²) >= 11 is 5.99. The van der Waals surface area contributed by atoms with Crippen LogP contribution in [0.1, 0.15) is 31.0 Å². The lowest BCUT2D eigenvalue weighted by atomic mass is 9.78. The smallest absolute Gasteiger partial charge is 0.325 e. The van der Waals surface area contributed by atoms with Crippen LogP contribution >= 0.6 is 11.6 Å². The van der Waals surface area contributed by atoms with Gasteiger partial charge in [-0.05, 0) is 61.4 Å². The quantitative estimate of drug-likeness (QED) is 0.536. The molecule has 3 atom stereocenters. The Kier molecular flexibility index (Phi) is 5.25. The number of halogens is 1. The van der Waals surface area contributed by atoms with E-state index in [0.717, 1.165) is 17.5 Å². The van der Waals surface area contributed by atoms with Crippen LogP contribution < -0.4 is 20.3 Å². The number of amides is 3. The van der Waals surface area contributed by atoms with Crippen molar-refractivity contribution in [2.75, 3.05) is 10.2 Å². The molecule has 2 heterocycles. The average Bonchev–Trinajstić information content (AvgIpc) is 2.80. The Morgan fingerprint density at radius 3 is 2.48 bits per heavy atom. The molecule has 3 aromatic rings. The maximum absolute atomic E-state index is 13.7. The Labute approximate surface area is 197 Å². The third-order valence-electron chi connectivity index (χ3n) is 6.40. The van der Waals surface area contributed by atoms with E-state index in [1.165, 1.54) is 0 Å². The van der Waals surface area contributed by atoms with Crippen molar-refractivity contribution in [1.82, 2.24) is 5.32 Å². The molecule has 168 valence electrons. The van der Waals surface area contributed by atoms with E-state index >= 15 is 0 Å². The van der Waals surface area contributed by atoms with Crippen LogP contribution in [0.15, 0.2) is 72.8 Å². The average molecular weight is 462 g/mol. The predicted octanol–water partition coefficient (Wildman–Crippen LogP) is 5.54. The van der Waals surface area contributed by atoms with E-state index in [2.05, 4.69) is 17.6 Å². The van der Waals surface area contributed by atoms with Crippen LogP contribution in [0.25, 0.3) is 0 Å². The van der Waals surface area contributed by atoms with Crippen molar-refractivity contribution < 1.29 is 14.3 Å². The van der Waals surface area contributed by atoms with Gasteiger partial charge in [0.2, 0.25) is 11.6 Å². The Bertz CT molecular complexity index is 1210. The Morgan fingerprint density at radius 2 is 1.79 bits per heavy atom. The number of benzene rings is 3. The van der Waals surface area contributed by atoms with Gasteiger partial charge in [-0.1, -0.05) is 48.9 Å². The first-order chi connectivity index (χ1) is 15.9. The van der Waals surface area contributed by atoms with E-state index in [-0.39, 0.29) is 11.9 Å². The zero-order valence-corrected chi connectivity index (χ0v) is 19.1. The topological polar surface area (TPSA) is 70.7 Å². The molecule has 7 heteroatoms. The lowest BCUT2D eigenvalue weighted by Gasteiger charge is -2.54. The fourth-order valence-electron chi connectivity index (χ4n) is 4.75. The van der Waals surface area contributed by atoms with Crippen molar-refractivity contribution in [1.29, 1.82) is 0 Å². The van der Waals surface area contributed by atoms with Gasteiger partial charge in [-0.15, -0.1) is 0 Å². The minimum atomic E-state index is -1.24. The molecule has 3 aromatic carbocycles. The fourth-order valence-corrected chi connectivity index (χ4v) is 4.88.